The molecular weight excluding hydrogens is 292 g/mol. The zero-order valence-corrected chi connectivity index (χ0v) is 12.5. The third-order valence-corrected chi connectivity index (χ3v) is 4.20. The summed E-state index contributed by atoms with van der Waals surface area (Å²) < 4.78 is 1.38. The molecule has 0 radical (unpaired) electrons. The van der Waals surface area contributed by atoms with Crippen LogP contribution < -0.4 is 5.32 Å². The van der Waals surface area contributed by atoms with Crippen molar-refractivity contribution in [1.29, 1.82) is 0 Å². The summed E-state index contributed by atoms with van der Waals surface area (Å²) in [6.45, 7) is 3.47. The van der Waals surface area contributed by atoms with E-state index >= 15 is 0 Å². The smallest absolute Gasteiger partial charge is 0.306 e. The van der Waals surface area contributed by atoms with Gasteiger partial charge < -0.3 is 10.4 Å². The average Bonchev–Trinajstić information content (AvgIpc) is 3.07. The minimum absolute atomic E-state index is 0.0687. The third-order valence-electron chi connectivity index (χ3n) is 2.97. The lowest BCUT2D eigenvalue weighted by atomic mass is 10.3. The van der Waals surface area contributed by atoms with Crippen molar-refractivity contribution in [1.82, 2.24) is 15.1 Å². The number of aromatic nitrogens is 2. The van der Waals surface area contributed by atoms with Crippen LogP contribution in [0.2, 0.25) is 0 Å². The SMILES string of the molecule is CCc1ccc(CNCC(O)Cn2cc([N+](=O)[O-])cn2)s1. The Morgan fingerprint density at radius 2 is 2.29 bits per heavy atom. The number of nitrogens with one attached hydrogen (secondary N) is 1. The van der Waals surface area contributed by atoms with E-state index in [4.69, 9.17) is 0 Å². The number of hydrogen-bond donors (Lipinski definition) is 2. The molecule has 0 bridgehead atoms. The predicted molar refractivity (Wildman–Crippen MR) is 80.3 cm³/mol. The van der Waals surface area contributed by atoms with E-state index in [9.17, 15) is 15.2 Å². The fourth-order valence-electron chi connectivity index (χ4n) is 1.90. The molecule has 1 unspecified atom stereocenters. The van der Waals surface area contributed by atoms with E-state index < -0.39 is 11.0 Å². The molecule has 0 spiro atoms. The standard InChI is InChI=1S/C13H18N4O3S/c1-2-12-3-4-13(21-12)7-14-6-11(18)9-16-8-10(5-15-16)17(19)20/h3-5,8,11,14,18H,2,6-7,9H2,1H3. The van der Waals surface area contributed by atoms with Gasteiger partial charge in [0.1, 0.15) is 12.4 Å². The summed E-state index contributed by atoms with van der Waals surface area (Å²) >= 11 is 1.76. The number of aliphatic hydroxyl groups excluding tert-OH is 1. The second kappa shape index (κ2) is 7.30. The average molecular weight is 310 g/mol. The zero-order valence-electron chi connectivity index (χ0n) is 11.7. The Hall–Kier alpha value is -1.77. The number of aliphatic hydroxyl groups is 1. The molecule has 0 saturated carbocycles. The fourth-order valence-corrected chi connectivity index (χ4v) is 2.82. The first-order valence-corrected chi connectivity index (χ1v) is 7.53. The van der Waals surface area contributed by atoms with E-state index in [1.165, 1.54) is 26.8 Å². The summed E-state index contributed by atoms with van der Waals surface area (Å²) in [7, 11) is 0. The summed E-state index contributed by atoms with van der Waals surface area (Å²) in [6.07, 6.45) is 2.88. The van der Waals surface area contributed by atoms with Crippen LogP contribution in [0.1, 0.15) is 16.7 Å². The monoisotopic (exact) mass is 310 g/mol. The second-order valence-corrected chi connectivity index (χ2v) is 5.94. The molecule has 0 saturated heterocycles. The molecule has 0 amide bonds. The first-order valence-electron chi connectivity index (χ1n) is 6.71. The Kier molecular flexibility index (Phi) is 5.43. The Morgan fingerprint density at radius 1 is 1.52 bits per heavy atom. The van der Waals surface area contributed by atoms with Gasteiger partial charge in [0.05, 0.1) is 17.6 Å². The molecule has 0 aliphatic heterocycles. The van der Waals surface area contributed by atoms with Crippen molar-refractivity contribution < 1.29 is 10.0 Å². The highest BCUT2D eigenvalue weighted by Crippen LogP contribution is 2.16. The maximum absolute atomic E-state index is 10.5. The van der Waals surface area contributed by atoms with Gasteiger partial charge in [0.2, 0.25) is 0 Å². The molecule has 21 heavy (non-hydrogen) atoms. The van der Waals surface area contributed by atoms with E-state index in [1.54, 1.807) is 11.3 Å². The lowest BCUT2D eigenvalue weighted by molar-refractivity contribution is -0.385. The maximum Gasteiger partial charge on any atom is 0.306 e. The number of hydrogen-bond acceptors (Lipinski definition) is 6. The Morgan fingerprint density at radius 3 is 2.90 bits per heavy atom. The van der Waals surface area contributed by atoms with Crippen LogP contribution in [0.5, 0.6) is 0 Å². The lowest BCUT2D eigenvalue weighted by Crippen LogP contribution is -2.29. The van der Waals surface area contributed by atoms with E-state index in [0.717, 1.165) is 6.42 Å². The second-order valence-electron chi connectivity index (χ2n) is 4.68. The van der Waals surface area contributed by atoms with Gasteiger partial charge in [0.25, 0.3) is 0 Å². The molecule has 0 fully saturated rings. The van der Waals surface area contributed by atoms with Gasteiger partial charge in [0, 0.05) is 22.8 Å². The number of nitrogens with zero attached hydrogens (tertiary/aromatic N) is 3. The topological polar surface area (TPSA) is 93.2 Å². The Balaban J connectivity index is 1.73. The minimum atomic E-state index is -0.643. The summed E-state index contributed by atoms with van der Waals surface area (Å²) in [5.41, 5.74) is -0.0687. The van der Waals surface area contributed by atoms with Crippen LogP contribution in [0.4, 0.5) is 5.69 Å². The van der Waals surface area contributed by atoms with Crippen molar-refractivity contribution in [3.8, 4) is 0 Å². The van der Waals surface area contributed by atoms with Gasteiger partial charge in [-0.05, 0) is 18.6 Å². The van der Waals surface area contributed by atoms with E-state index in [1.807, 2.05) is 0 Å². The van der Waals surface area contributed by atoms with Crippen molar-refractivity contribution in [2.45, 2.75) is 32.5 Å². The molecule has 0 aliphatic carbocycles. The molecule has 0 aromatic carbocycles. The number of thiophene rings is 1. The molecule has 2 N–H and O–H groups in total. The van der Waals surface area contributed by atoms with Crippen LogP contribution in [-0.4, -0.2) is 32.5 Å². The normalized spacial score (nSPS) is 12.5. The van der Waals surface area contributed by atoms with Crippen LogP contribution in [0, 0.1) is 10.1 Å². The third kappa shape index (κ3) is 4.62. The van der Waals surface area contributed by atoms with Gasteiger partial charge in [-0.2, -0.15) is 5.10 Å². The predicted octanol–water partition coefficient (Wildman–Crippen LogP) is 1.57. The minimum Gasteiger partial charge on any atom is -0.390 e. The van der Waals surface area contributed by atoms with Crippen molar-refractivity contribution in [2.24, 2.45) is 0 Å². The largest absolute Gasteiger partial charge is 0.390 e. The van der Waals surface area contributed by atoms with Crippen LogP contribution in [0.3, 0.4) is 0 Å². The molecule has 2 heterocycles. The van der Waals surface area contributed by atoms with Gasteiger partial charge in [-0.25, -0.2) is 0 Å². The first kappa shape index (κ1) is 15.6. The molecular formula is C13H18N4O3S. The fraction of sp³-hybridized carbons (Fsp3) is 0.462. The zero-order chi connectivity index (χ0) is 15.2. The molecule has 2 aromatic rings. The lowest BCUT2D eigenvalue weighted by Gasteiger charge is -2.11. The molecule has 1 atom stereocenters. The highest BCUT2D eigenvalue weighted by atomic mass is 32.1. The van der Waals surface area contributed by atoms with Gasteiger partial charge >= 0.3 is 5.69 Å². The van der Waals surface area contributed by atoms with Gasteiger partial charge in [-0.3, -0.25) is 14.8 Å². The summed E-state index contributed by atoms with van der Waals surface area (Å²) in [6, 6.07) is 4.20. The van der Waals surface area contributed by atoms with Crippen molar-refractivity contribution in [3.63, 3.8) is 0 Å². The van der Waals surface area contributed by atoms with Gasteiger partial charge in [-0.15, -0.1) is 11.3 Å². The Labute approximate surface area is 126 Å². The summed E-state index contributed by atoms with van der Waals surface area (Å²) in [5.74, 6) is 0. The molecule has 0 aliphatic rings. The van der Waals surface area contributed by atoms with Crippen molar-refractivity contribution in [2.75, 3.05) is 6.54 Å². The highest BCUT2D eigenvalue weighted by Gasteiger charge is 2.11. The van der Waals surface area contributed by atoms with Crippen LogP contribution in [0.25, 0.3) is 0 Å². The van der Waals surface area contributed by atoms with Crippen LogP contribution >= 0.6 is 11.3 Å². The van der Waals surface area contributed by atoms with Crippen molar-refractivity contribution in [3.05, 3.63) is 44.4 Å². The number of nitro groups is 1. The number of rotatable bonds is 8. The number of aryl methyl sites for hydroxylation is 1. The quantitative estimate of drug-likeness (QED) is 0.570. The highest BCUT2D eigenvalue weighted by molar-refractivity contribution is 7.11. The van der Waals surface area contributed by atoms with Gasteiger partial charge in [-0.1, -0.05) is 6.92 Å². The van der Waals surface area contributed by atoms with Crippen LogP contribution in [-0.2, 0) is 19.5 Å². The Bertz CT molecular complexity index is 596. The molecule has 2 aromatic heterocycles. The van der Waals surface area contributed by atoms with E-state index in [2.05, 4.69) is 29.5 Å². The molecule has 2 rings (SSSR count). The van der Waals surface area contributed by atoms with Crippen LogP contribution in [0.15, 0.2) is 24.5 Å². The maximum atomic E-state index is 10.5. The molecule has 7 nitrogen and oxygen atoms in total. The summed E-state index contributed by atoms with van der Waals surface area (Å²) in [4.78, 5) is 12.6. The molecule has 8 heteroatoms. The first-order chi connectivity index (χ1) is 10.1. The van der Waals surface area contributed by atoms with Crippen molar-refractivity contribution >= 4 is 17.0 Å². The van der Waals surface area contributed by atoms with Gasteiger partial charge in [0.15, 0.2) is 0 Å². The van der Waals surface area contributed by atoms with E-state index in [0.29, 0.717) is 13.1 Å². The summed E-state index contributed by atoms with van der Waals surface area (Å²) in [5, 5.41) is 27.4. The van der Waals surface area contributed by atoms with E-state index in [-0.39, 0.29) is 12.2 Å². The molecule has 114 valence electrons.